The molecule has 1 amide bonds. The Balaban J connectivity index is 1.91. The van der Waals surface area contributed by atoms with Crippen molar-refractivity contribution in [2.45, 2.75) is 52.5 Å². The number of pyridine rings is 1. The van der Waals surface area contributed by atoms with Crippen LogP contribution >= 0.6 is 0 Å². The lowest BCUT2D eigenvalue weighted by Gasteiger charge is -2.45. The van der Waals surface area contributed by atoms with Crippen LogP contribution in [0.2, 0.25) is 0 Å². The molecule has 1 saturated heterocycles. The first-order valence-corrected chi connectivity index (χ1v) is 14.0. The van der Waals surface area contributed by atoms with Crippen LogP contribution in [0.25, 0.3) is 33.8 Å². The first-order valence-electron chi connectivity index (χ1n) is 16.5. The molecule has 7 nitrogen and oxygen atoms in total. The molecule has 0 radical (unpaired) electrons. The Hall–Kier alpha value is -4.73. The van der Waals surface area contributed by atoms with Crippen LogP contribution in [0.3, 0.4) is 0 Å². The molecular formula is C34H34F3N5O2. The summed E-state index contributed by atoms with van der Waals surface area (Å²) in [4.78, 5) is 38.5. The summed E-state index contributed by atoms with van der Waals surface area (Å²) in [5, 5.41) is 0.0689. The van der Waals surface area contributed by atoms with Crippen LogP contribution < -0.4 is 10.6 Å². The highest BCUT2D eigenvalue weighted by Gasteiger charge is 2.35. The zero-order valence-electron chi connectivity index (χ0n) is 29.7. The van der Waals surface area contributed by atoms with Gasteiger partial charge in [-0.15, -0.1) is 0 Å². The normalized spacial score (nSPS) is 18.8. The van der Waals surface area contributed by atoms with Gasteiger partial charge in [0.1, 0.15) is 17.5 Å². The molecule has 0 aliphatic carbocycles. The molecule has 0 spiro atoms. The van der Waals surface area contributed by atoms with Crippen molar-refractivity contribution in [1.82, 2.24) is 19.4 Å². The molecule has 10 heteroatoms. The van der Waals surface area contributed by atoms with Gasteiger partial charge in [0.05, 0.1) is 19.6 Å². The van der Waals surface area contributed by atoms with E-state index < -0.39 is 54.5 Å². The van der Waals surface area contributed by atoms with Crippen molar-refractivity contribution >= 4 is 28.7 Å². The quantitative estimate of drug-likeness (QED) is 0.228. The van der Waals surface area contributed by atoms with E-state index >= 15 is 8.78 Å². The smallest absolute Gasteiger partial charge is 0.347 e. The van der Waals surface area contributed by atoms with Gasteiger partial charge in [-0.3, -0.25) is 14.3 Å². The fourth-order valence-corrected chi connectivity index (χ4v) is 5.98. The number of anilines is 1. The molecule has 1 aliphatic heterocycles. The number of nitrogens with zero attached hydrogens (tertiary/aromatic N) is 5. The Bertz CT molecular complexity index is 2070. The van der Waals surface area contributed by atoms with E-state index in [9.17, 15) is 14.0 Å². The van der Waals surface area contributed by atoms with Gasteiger partial charge in [0.25, 0.3) is 5.91 Å². The minimum atomic E-state index is -2.72. The summed E-state index contributed by atoms with van der Waals surface area (Å²) in [6.07, 6.45) is 2.38. The van der Waals surface area contributed by atoms with Crippen molar-refractivity contribution in [3.8, 4) is 16.8 Å². The number of amides is 1. The summed E-state index contributed by atoms with van der Waals surface area (Å²) in [7, 11) is 0. The minimum Gasteiger partial charge on any atom is -0.347 e. The topological polar surface area (TPSA) is 71.3 Å². The number of aromatic nitrogens is 3. The lowest BCUT2D eigenvalue weighted by atomic mass is 9.96. The molecule has 0 N–H and O–H groups in total. The number of fused-ring (bicyclic) bond motifs is 1. The number of rotatable bonds is 6. The van der Waals surface area contributed by atoms with Crippen LogP contribution in [-0.2, 0) is 4.79 Å². The molecule has 228 valence electrons. The Morgan fingerprint density at radius 1 is 1.16 bits per heavy atom. The van der Waals surface area contributed by atoms with Crippen molar-refractivity contribution in [3.05, 3.63) is 100 Å². The zero-order valence-corrected chi connectivity index (χ0v) is 24.7. The van der Waals surface area contributed by atoms with E-state index in [4.69, 9.17) is 6.85 Å². The molecule has 0 saturated carbocycles. The molecule has 1 fully saturated rings. The van der Waals surface area contributed by atoms with Crippen molar-refractivity contribution in [2.75, 3.05) is 18.0 Å². The van der Waals surface area contributed by atoms with E-state index in [2.05, 4.69) is 16.5 Å². The van der Waals surface area contributed by atoms with E-state index in [-0.39, 0.29) is 69.4 Å². The van der Waals surface area contributed by atoms with E-state index in [1.54, 1.807) is 32.6 Å². The van der Waals surface area contributed by atoms with Gasteiger partial charge in [-0.2, -0.15) is 4.98 Å². The molecule has 5 rings (SSSR count). The third-order valence-corrected chi connectivity index (χ3v) is 7.84. The summed E-state index contributed by atoms with van der Waals surface area (Å²) < 4.78 is 86.9. The molecule has 4 aromatic rings. The summed E-state index contributed by atoms with van der Waals surface area (Å²) in [6, 6.07) is 6.32. The summed E-state index contributed by atoms with van der Waals surface area (Å²) in [5.74, 6) is -4.15. The maximum absolute atomic E-state index is 16.4. The van der Waals surface area contributed by atoms with E-state index in [0.29, 0.717) is 0 Å². The van der Waals surface area contributed by atoms with Crippen LogP contribution in [-0.4, -0.2) is 50.5 Å². The second-order valence-electron chi connectivity index (χ2n) is 11.2. The molecule has 3 heterocycles. The van der Waals surface area contributed by atoms with Crippen molar-refractivity contribution in [1.29, 1.82) is 0 Å². The number of hydrogen-bond donors (Lipinski definition) is 0. The monoisotopic (exact) mass is 606 g/mol. The van der Waals surface area contributed by atoms with E-state index in [1.807, 2.05) is 0 Å². The molecule has 44 heavy (non-hydrogen) atoms. The lowest BCUT2D eigenvalue weighted by molar-refractivity contribution is -0.129. The van der Waals surface area contributed by atoms with Crippen LogP contribution in [0.15, 0.2) is 66.3 Å². The van der Waals surface area contributed by atoms with Gasteiger partial charge in [-0.05, 0) is 62.0 Å². The van der Waals surface area contributed by atoms with Crippen molar-refractivity contribution in [2.24, 2.45) is 0 Å². The van der Waals surface area contributed by atoms with Gasteiger partial charge in [0, 0.05) is 52.0 Å². The van der Waals surface area contributed by atoms with Gasteiger partial charge in [-0.25, -0.2) is 18.0 Å². The standard InChI is InChI=1S/C34H34F3N5O2/c1-8-23-10-9-11-26(36)29(23)24-15-28-25(14-27(24)37)32(41-20(5)16-40(17-21(41)6)33(43)22(7)35)39-34(44)42(28)31-19(4)12-13-38-30(31)18(2)3/h8-15,18,20-21H,1,7,16-17H2,2-6H3/t20-,21-/m0/s1/i1D2,4D3. The largest absolute Gasteiger partial charge is 0.354 e. The van der Waals surface area contributed by atoms with Crippen molar-refractivity contribution in [3.63, 3.8) is 0 Å². The molecule has 2 aromatic carbocycles. The average Bonchev–Trinajstić information content (AvgIpc) is 2.99. The Morgan fingerprint density at radius 3 is 2.52 bits per heavy atom. The lowest BCUT2D eigenvalue weighted by Crippen LogP contribution is -2.59. The van der Waals surface area contributed by atoms with Crippen LogP contribution in [0.4, 0.5) is 19.0 Å². The number of hydrogen-bond acceptors (Lipinski definition) is 5. The summed E-state index contributed by atoms with van der Waals surface area (Å²) in [6.45, 7) is 6.75. The van der Waals surface area contributed by atoms with Crippen LogP contribution in [0.5, 0.6) is 0 Å². The number of benzene rings is 2. The van der Waals surface area contributed by atoms with Gasteiger partial charge in [0.2, 0.25) is 0 Å². The molecule has 1 aliphatic rings. The molecule has 2 aromatic heterocycles. The summed E-state index contributed by atoms with van der Waals surface area (Å²) in [5.41, 5.74) is -1.53. The van der Waals surface area contributed by atoms with E-state index in [0.717, 1.165) is 22.8 Å². The fourth-order valence-electron chi connectivity index (χ4n) is 5.98. The third kappa shape index (κ3) is 5.18. The SMILES string of the molecule is [2H]C([2H])=Cc1cccc(F)c1-c1cc2c(cc1F)c(N1[C@@H](C)CN(C(=O)C(=C)F)C[C@@H]1C)nc(=O)n2-c1c(C([2H])([2H])[2H])ccnc1C(C)C. The summed E-state index contributed by atoms with van der Waals surface area (Å²) >= 11 is 0. The highest BCUT2D eigenvalue weighted by Crippen LogP contribution is 2.38. The Labute approximate surface area is 261 Å². The highest BCUT2D eigenvalue weighted by molar-refractivity contribution is 5.96. The second-order valence-corrected chi connectivity index (χ2v) is 11.2. The van der Waals surface area contributed by atoms with Crippen LogP contribution in [0, 0.1) is 18.5 Å². The van der Waals surface area contributed by atoms with E-state index in [1.165, 1.54) is 35.4 Å². The number of piperazine rings is 1. The maximum atomic E-state index is 16.4. The average molecular weight is 607 g/mol. The first kappa shape index (κ1) is 24.7. The van der Waals surface area contributed by atoms with Crippen molar-refractivity contribution < 1.29 is 24.8 Å². The number of halogens is 3. The van der Waals surface area contributed by atoms with Gasteiger partial charge < -0.3 is 9.80 Å². The number of carbonyl (C=O) groups excluding carboxylic acids is 1. The number of carbonyl (C=O) groups is 1. The zero-order chi connectivity index (χ0) is 36.1. The Morgan fingerprint density at radius 2 is 1.89 bits per heavy atom. The van der Waals surface area contributed by atoms with Gasteiger partial charge in [-0.1, -0.05) is 45.2 Å². The second kappa shape index (κ2) is 11.7. The first-order chi connectivity index (χ1) is 22.9. The molecular weight excluding hydrogens is 567 g/mol. The fraction of sp³-hybridized carbons (Fsp3) is 0.294. The number of aryl methyl sites for hydroxylation is 1. The minimum absolute atomic E-state index is 0.0167. The third-order valence-electron chi connectivity index (χ3n) is 7.84. The van der Waals surface area contributed by atoms with Gasteiger partial charge in [0.15, 0.2) is 5.83 Å². The predicted octanol–water partition coefficient (Wildman–Crippen LogP) is 6.71. The predicted molar refractivity (Wildman–Crippen MR) is 168 cm³/mol. The maximum Gasteiger partial charge on any atom is 0.354 e. The molecule has 2 atom stereocenters. The molecule has 0 unspecified atom stereocenters. The Kier molecular flexibility index (Phi) is 6.59. The highest BCUT2D eigenvalue weighted by atomic mass is 19.1. The van der Waals surface area contributed by atoms with Gasteiger partial charge >= 0.3 is 5.69 Å². The van der Waals surface area contributed by atoms with Crippen LogP contribution in [0.1, 0.15) is 57.3 Å². The molecule has 0 bridgehead atoms.